The average molecular weight is 199 g/mol. The Morgan fingerprint density at radius 2 is 2.00 bits per heavy atom. The Morgan fingerprint density at radius 1 is 1.15 bits per heavy atom. The van der Waals surface area contributed by atoms with Gasteiger partial charge in [0.25, 0.3) is 0 Å². The van der Waals surface area contributed by atoms with Crippen LogP contribution in [0.25, 0.3) is 0 Å². The molecule has 0 amide bonds. The molecular weight excluding hydrogens is 178 g/mol. The molecule has 1 N–H and O–H groups in total. The molecule has 1 saturated carbocycles. The highest BCUT2D eigenvalue weighted by molar-refractivity contribution is 7.99. The summed E-state index contributed by atoms with van der Waals surface area (Å²) in [6, 6.07) is 1.66. The number of hydrogen-bond acceptors (Lipinski definition) is 2. The number of rotatable bonds is 2. The molecule has 1 heterocycles. The molecule has 76 valence electrons. The Labute approximate surface area is 86.0 Å². The van der Waals surface area contributed by atoms with E-state index in [2.05, 4.69) is 24.0 Å². The molecule has 0 bridgehead atoms. The maximum atomic E-state index is 3.85. The Morgan fingerprint density at radius 3 is 2.69 bits per heavy atom. The van der Waals surface area contributed by atoms with Gasteiger partial charge in [0.1, 0.15) is 0 Å². The van der Waals surface area contributed by atoms with Gasteiger partial charge in [-0.1, -0.05) is 19.8 Å². The molecule has 2 heteroatoms. The summed E-state index contributed by atoms with van der Waals surface area (Å²) in [7, 11) is 0. The molecular formula is C11H21NS. The highest BCUT2D eigenvalue weighted by Crippen LogP contribution is 2.26. The van der Waals surface area contributed by atoms with Gasteiger partial charge in [-0.2, -0.15) is 11.8 Å². The van der Waals surface area contributed by atoms with Crippen molar-refractivity contribution in [3.05, 3.63) is 0 Å². The van der Waals surface area contributed by atoms with E-state index in [9.17, 15) is 0 Å². The van der Waals surface area contributed by atoms with Crippen molar-refractivity contribution in [2.45, 2.75) is 51.1 Å². The third-order valence-corrected chi connectivity index (χ3v) is 4.65. The van der Waals surface area contributed by atoms with E-state index >= 15 is 0 Å². The molecule has 0 unspecified atom stereocenters. The first-order valence-electron chi connectivity index (χ1n) is 5.70. The van der Waals surface area contributed by atoms with Gasteiger partial charge in [0.2, 0.25) is 0 Å². The molecule has 0 aromatic heterocycles. The van der Waals surface area contributed by atoms with Gasteiger partial charge in [-0.15, -0.1) is 0 Å². The second-order valence-corrected chi connectivity index (χ2v) is 5.75. The summed E-state index contributed by atoms with van der Waals surface area (Å²) < 4.78 is 0. The summed E-state index contributed by atoms with van der Waals surface area (Å²) in [6.45, 7) is 2.42. The summed E-state index contributed by atoms with van der Waals surface area (Å²) >= 11 is 2.11. The van der Waals surface area contributed by atoms with Crippen LogP contribution in [0.1, 0.15) is 39.0 Å². The van der Waals surface area contributed by atoms with Gasteiger partial charge in [0, 0.05) is 17.8 Å². The first kappa shape index (κ1) is 9.85. The van der Waals surface area contributed by atoms with Crippen molar-refractivity contribution < 1.29 is 0 Å². The topological polar surface area (TPSA) is 12.0 Å². The first-order chi connectivity index (χ1) is 6.36. The van der Waals surface area contributed by atoms with Crippen molar-refractivity contribution in [1.82, 2.24) is 5.32 Å². The van der Waals surface area contributed by atoms with E-state index in [1.165, 1.54) is 43.6 Å². The summed E-state index contributed by atoms with van der Waals surface area (Å²) in [4.78, 5) is 0. The molecule has 2 aliphatic rings. The largest absolute Gasteiger partial charge is 0.310 e. The lowest BCUT2D eigenvalue weighted by atomic mass is 9.85. The monoisotopic (exact) mass is 199 g/mol. The maximum Gasteiger partial charge on any atom is 0.0168 e. The molecule has 1 nitrogen and oxygen atoms in total. The van der Waals surface area contributed by atoms with Crippen molar-refractivity contribution in [2.24, 2.45) is 5.92 Å². The Hall–Kier alpha value is 0.310. The van der Waals surface area contributed by atoms with Crippen molar-refractivity contribution in [2.75, 3.05) is 11.5 Å². The molecule has 0 aromatic rings. The molecule has 13 heavy (non-hydrogen) atoms. The summed E-state index contributed by atoms with van der Waals surface area (Å²) in [5, 5.41) is 3.85. The lowest BCUT2D eigenvalue weighted by Gasteiger charge is -2.31. The molecule has 1 aliphatic heterocycles. The van der Waals surface area contributed by atoms with Crippen LogP contribution in [-0.2, 0) is 0 Å². The van der Waals surface area contributed by atoms with Gasteiger partial charge in [-0.25, -0.2) is 0 Å². The van der Waals surface area contributed by atoms with Gasteiger partial charge in [-0.05, 0) is 30.9 Å². The maximum absolute atomic E-state index is 3.85. The van der Waals surface area contributed by atoms with Crippen LogP contribution in [0.5, 0.6) is 0 Å². The van der Waals surface area contributed by atoms with Crippen LogP contribution < -0.4 is 5.32 Å². The molecule has 3 atom stereocenters. The molecule has 2 fully saturated rings. The van der Waals surface area contributed by atoms with Gasteiger partial charge in [-0.3, -0.25) is 0 Å². The number of thioether (sulfide) groups is 1. The van der Waals surface area contributed by atoms with Crippen molar-refractivity contribution >= 4 is 11.8 Å². The number of hydrogen-bond donors (Lipinski definition) is 1. The van der Waals surface area contributed by atoms with Crippen LogP contribution in [-0.4, -0.2) is 23.6 Å². The van der Waals surface area contributed by atoms with E-state index in [0.717, 1.165) is 18.0 Å². The molecule has 1 saturated heterocycles. The van der Waals surface area contributed by atoms with Crippen LogP contribution in [0.2, 0.25) is 0 Å². The molecule has 0 spiro atoms. The minimum Gasteiger partial charge on any atom is -0.310 e. The third-order valence-electron chi connectivity index (χ3n) is 3.49. The highest BCUT2D eigenvalue weighted by Gasteiger charge is 2.25. The lowest BCUT2D eigenvalue weighted by Crippen LogP contribution is -2.43. The van der Waals surface area contributed by atoms with Crippen molar-refractivity contribution in [3.63, 3.8) is 0 Å². The zero-order valence-electron chi connectivity index (χ0n) is 8.59. The Bertz CT molecular complexity index is 154. The summed E-state index contributed by atoms with van der Waals surface area (Å²) in [5.74, 6) is 3.64. The van der Waals surface area contributed by atoms with Crippen LogP contribution in [0.4, 0.5) is 0 Å². The fraction of sp³-hybridized carbons (Fsp3) is 1.00. The fourth-order valence-corrected chi connectivity index (χ4v) is 3.70. The van der Waals surface area contributed by atoms with Crippen molar-refractivity contribution in [1.29, 1.82) is 0 Å². The second kappa shape index (κ2) is 4.70. The minimum atomic E-state index is 0.829. The van der Waals surface area contributed by atoms with Gasteiger partial charge < -0.3 is 5.32 Å². The zero-order chi connectivity index (χ0) is 9.10. The average Bonchev–Trinajstić information content (AvgIpc) is 2.61. The SMILES string of the molecule is C[C@@H]1CCCC[C@H]1N[C@@H]1CCSC1. The second-order valence-electron chi connectivity index (χ2n) is 4.60. The quantitative estimate of drug-likeness (QED) is 0.734. The van der Waals surface area contributed by atoms with Crippen LogP contribution in [0.15, 0.2) is 0 Å². The smallest absolute Gasteiger partial charge is 0.0168 e. The number of nitrogens with one attached hydrogen (secondary N) is 1. The van der Waals surface area contributed by atoms with Crippen LogP contribution in [0.3, 0.4) is 0 Å². The van der Waals surface area contributed by atoms with Gasteiger partial charge in [0.05, 0.1) is 0 Å². The fourth-order valence-electron chi connectivity index (χ4n) is 2.53. The standard InChI is InChI=1S/C11H21NS/c1-9-4-2-3-5-11(9)12-10-6-7-13-8-10/h9-12H,2-8H2,1H3/t9-,10-,11-/m1/s1. The Balaban J connectivity index is 1.78. The van der Waals surface area contributed by atoms with Crippen LogP contribution >= 0.6 is 11.8 Å². The third kappa shape index (κ3) is 2.63. The van der Waals surface area contributed by atoms with Gasteiger partial charge in [0.15, 0.2) is 0 Å². The van der Waals surface area contributed by atoms with E-state index in [1.54, 1.807) is 0 Å². The van der Waals surface area contributed by atoms with E-state index in [4.69, 9.17) is 0 Å². The normalized spacial score (nSPS) is 40.8. The zero-order valence-corrected chi connectivity index (χ0v) is 9.41. The van der Waals surface area contributed by atoms with E-state index in [0.29, 0.717) is 0 Å². The lowest BCUT2D eigenvalue weighted by molar-refractivity contribution is 0.264. The molecule has 1 aliphatic carbocycles. The van der Waals surface area contributed by atoms with E-state index < -0.39 is 0 Å². The summed E-state index contributed by atoms with van der Waals surface area (Å²) in [5.41, 5.74) is 0. The van der Waals surface area contributed by atoms with E-state index in [-0.39, 0.29) is 0 Å². The molecule has 0 aromatic carbocycles. The predicted molar refractivity (Wildman–Crippen MR) is 60.3 cm³/mol. The Kier molecular flexibility index (Phi) is 3.56. The molecule has 0 radical (unpaired) electrons. The predicted octanol–water partition coefficient (Wildman–Crippen LogP) is 2.66. The van der Waals surface area contributed by atoms with Crippen LogP contribution in [0, 0.1) is 5.92 Å². The summed E-state index contributed by atoms with van der Waals surface area (Å²) in [6.07, 6.45) is 7.16. The minimum absolute atomic E-state index is 0.829. The van der Waals surface area contributed by atoms with Gasteiger partial charge >= 0.3 is 0 Å². The van der Waals surface area contributed by atoms with E-state index in [1.807, 2.05) is 0 Å². The first-order valence-corrected chi connectivity index (χ1v) is 6.85. The molecule has 2 rings (SSSR count). The highest BCUT2D eigenvalue weighted by atomic mass is 32.2. The van der Waals surface area contributed by atoms with Crippen molar-refractivity contribution in [3.8, 4) is 0 Å².